The number of para-hydroxylation sites is 1. The monoisotopic (exact) mass is 466 g/mol. The van der Waals surface area contributed by atoms with E-state index in [-0.39, 0.29) is 22.7 Å². The number of amides is 1. The molecule has 0 atom stereocenters. The van der Waals surface area contributed by atoms with E-state index >= 15 is 0 Å². The Labute approximate surface area is 184 Å². The van der Waals surface area contributed by atoms with Crippen LogP contribution >= 0.6 is 23.2 Å². The zero-order valence-corrected chi connectivity index (χ0v) is 18.1. The van der Waals surface area contributed by atoms with Crippen LogP contribution in [-0.4, -0.2) is 26.3 Å². The van der Waals surface area contributed by atoms with E-state index in [1.807, 2.05) is 0 Å². The van der Waals surface area contributed by atoms with Crippen LogP contribution in [0.4, 0.5) is 10.1 Å². The maximum atomic E-state index is 13.8. The van der Waals surface area contributed by atoms with Crippen LogP contribution in [0.5, 0.6) is 0 Å². The average Bonchev–Trinajstić information content (AvgIpc) is 2.72. The minimum atomic E-state index is -4.09. The zero-order chi connectivity index (χ0) is 21.9. The van der Waals surface area contributed by atoms with Crippen LogP contribution in [0.3, 0.4) is 0 Å². The lowest BCUT2D eigenvalue weighted by Crippen LogP contribution is -2.26. The van der Waals surface area contributed by atoms with Crippen molar-refractivity contribution in [3.63, 3.8) is 0 Å². The Morgan fingerprint density at radius 3 is 2.47 bits per heavy atom. The molecule has 0 heterocycles. The molecule has 0 bridgehead atoms. The molecule has 1 amide bonds. The van der Waals surface area contributed by atoms with E-state index in [0.717, 1.165) is 6.07 Å². The maximum absolute atomic E-state index is 13.8. The molecule has 0 spiro atoms. The second kappa shape index (κ2) is 9.04. The normalized spacial score (nSPS) is 11.2. The van der Waals surface area contributed by atoms with Crippen molar-refractivity contribution in [3.8, 4) is 0 Å². The molecule has 3 rings (SSSR count). The quantitative estimate of drug-likeness (QED) is 0.542. The van der Waals surface area contributed by atoms with Crippen LogP contribution < -0.4 is 4.72 Å². The lowest BCUT2D eigenvalue weighted by molar-refractivity contribution is 0.0785. The number of anilines is 1. The second-order valence-electron chi connectivity index (χ2n) is 6.49. The summed E-state index contributed by atoms with van der Waals surface area (Å²) < 4.78 is 41.3. The summed E-state index contributed by atoms with van der Waals surface area (Å²) in [6.07, 6.45) is 0. The molecule has 5 nitrogen and oxygen atoms in total. The van der Waals surface area contributed by atoms with Gasteiger partial charge in [0.05, 0.1) is 20.6 Å². The third-order valence-electron chi connectivity index (χ3n) is 4.30. The van der Waals surface area contributed by atoms with Crippen LogP contribution in [0.25, 0.3) is 0 Å². The van der Waals surface area contributed by atoms with Crippen molar-refractivity contribution in [1.29, 1.82) is 0 Å². The molecular weight excluding hydrogens is 450 g/mol. The highest BCUT2D eigenvalue weighted by Crippen LogP contribution is 2.27. The van der Waals surface area contributed by atoms with Gasteiger partial charge >= 0.3 is 0 Å². The topological polar surface area (TPSA) is 66.5 Å². The molecule has 1 N–H and O–H groups in total. The van der Waals surface area contributed by atoms with Crippen molar-refractivity contribution in [2.45, 2.75) is 11.4 Å². The zero-order valence-electron chi connectivity index (χ0n) is 15.8. The Morgan fingerprint density at radius 1 is 1.03 bits per heavy atom. The molecule has 0 aliphatic rings. The Morgan fingerprint density at radius 2 is 1.73 bits per heavy atom. The van der Waals surface area contributed by atoms with Gasteiger partial charge < -0.3 is 4.90 Å². The highest BCUT2D eigenvalue weighted by Gasteiger charge is 2.20. The molecule has 3 aromatic rings. The van der Waals surface area contributed by atoms with Crippen LogP contribution in [-0.2, 0) is 16.6 Å². The minimum Gasteiger partial charge on any atom is -0.337 e. The molecule has 0 aliphatic carbocycles. The number of hydrogen-bond acceptors (Lipinski definition) is 3. The van der Waals surface area contributed by atoms with Crippen LogP contribution in [0.15, 0.2) is 71.6 Å². The molecule has 0 unspecified atom stereocenters. The number of hydrogen-bond donors (Lipinski definition) is 1. The van der Waals surface area contributed by atoms with Gasteiger partial charge in [0, 0.05) is 19.2 Å². The number of carbonyl (C=O) groups is 1. The first-order valence-corrected chi connectivity index (χ1v) is 11.0. The number of rotatable bonds is 6. The third kappa shape index (κ3) is 4.92. The standard InChI is InChI=1S/C21H17Cl2FN2O3S/c1-26(13-15-7-5-9-17(22)20(15)23)21(27)14-6-4-8-16(12-14)30(28,29)25-19-11-3-2-10-18(19)24/h2-12,25H,13H2,1H3. The van der Waals surface area contributed by atoms with Gasteiger partial charge in [-0.05, 0) is 42.0 Å². The van der Waals surface area contributed by atoms with Gasteiger partial charge in [-0.1, -0.05) is 53.5 Å². The van der Waals surface area contributed by atoms with Gasteiger partial charge in [-0.25, -0.2) is 12.8 Å². The number of nitrogens with one attached hydrogen (secondary N) is 1. The lowest BCUT2D eigenvalue weighted by Gasteiger charge is -2.19. The number of sulfonamides is 1. The first-order valence-electron chi connectivity index (χ1n) is 8.75. The summed E-state index contributed by atoms with van der Waals surface area (Å²) in [6.45, 7) is 0.183. The molecule has 30 heavy (non-hydrogen) atoms. The van der Waals surface area contributed by atoms with E-state index in [1.54, 1.807) is 25.2 Å². The molecule has 0 saturated carbocycles. The van der Waals surface area contributed by atoms with Crippen LogP contribution in [0.1, 0.15) is 15.9 Å². The summed E-state index contributed by atoms with van der Waals surface area (Å²) in [4.78, 5) is 14.0. The lowest BCUT2D eigenvalue weighted by atomic mass is 10.1. The van der Waals surface area contributed by atoms with Gasteiger partial charge in [0.2, 0.25) is 0 Å². The Balaban J connectivity index is 1.82. The second-order valence-corrected chi connectivity index (χ2v) is 8.95. The minimum absolute atomic E-state index is 0.159. The number of nitrogens with zero attached hydrogens (tertiary/aromatic N) is 1. The number of benzene rings is 3. The van der Waals surface area contributed by atoms with Gasteiger partial charge in [0.25, 0.3) is 15.9 Å². The molecule has 3 aromatic carbocycles. The summed E-state index contributed by atoms with van der Waals surface area (Å²) in [6, 6.07) is 16.1. The number of carbonyl (C=O) groups excluding carboxylic acids is 1. The fourth-order valence-corrected chi connectivity index (χ4v) is 4.25. The van der Waals surface area contributed by atoms with Crippen molar-refractivity contribution in [1.82, 2.24) is 4.90 Å². The van der Waals surface area contributed by atoms with E-state index < -0.39 is 21.7 Å². The van der Waals surface area contributed by atoms with Crippen molar-refractivity contribution in [2.75, 3.05) is 11.8 Å². The van der Waals surface area contributed by atoms with Gasteiger partial charge in [-0.3, -0.25) is 9.52 Å². The smallest absolute Gasteiger partial charge is 0.262 e. The Kier molecular flexibility index (Phi) is 6.65. The molecular formula is C21H17Cl2FN2O3S. The average molecular weight is 467 g/mol. The molecule has 0 saturated heterocycles. The summed E-state index contributed by atoms with van der Waals surface area (Å²) >= 11 is 12.2. The summed E-state index contributed by atoms with van der Waals surface area (Å²) in [5, 5.41) is 0.728. The summed E-state index contributed by atoms with van der Waals surface area (Å²) in [5.74, 6) is -1.11. The van der Waals surface area contributed by atoms with Gasteiger partial charge in [0.15, 0.2) is 0 Å². The van der Waals surface area contributed by atoms with Crippen LogP contribution in [0, 0.1) is 5.82 Å². The fraction of sp³-hybridized carbons (Fsp3) is 0.0952. The van der Waals surface area contributed by atoms with E-state index in [4.69, 9.17) is 23.2 Å². The molecule has 0 radical (unpaired) electrons. The SMILES string of the molecule is CN(Cc1cccc(Cl)c1Cl)C(=O)c1cccc(S(=O)(=O)Nc2ccccc2F)c1. The Hall–Kier alpha value is -2.61. The van der Waals surface area contributed by atoms with Crippen molar-refractivity contribution in [3.05, 3.63) is 93.7 Å². The first kappa shape index (κ1) is 22.1. The highest BCUT2D eigenvalue weighted by molar-refractivity contribution is 7.92. The number of halogens is 3. The van der Waals surface area contributed by atoms with E-state index in [0.29, 0.717) is 15.6 Å². The molecule has 0 aromatic heterocycles. The van der Waals surface area contributed by atoms with Crippen molar-refractivity contribution < 1.29 is 17.6 Å². The van der Waals surface area contributed by atoms with E-state index in [2.05, 4.69) is 4.72 Å². The fourth-order valence-electron chi connectivity index (χ4n) is 2.76. The predicted molar refractivity (Wildman–Crippen MR) is 116 cm³/mol. The van der Waals surface area contributed by atoms with Crippen molar-refractivity contribution >= 4 is 44.8 Å². The van der Waals surface area contributed by atoms with Crippen LogP contribution in [0.2, 0.25) is 10.0 Å². The summed E-state index contributed by atoms with van der Waals surface area (Å²) in [7, 11) is -2.52. The highest BCUT2D eigenvalue weighted by atomic mass is 35.5. The molecule has 9 heteroatoms. The molecule has 0 aliphatic heterocycles. The maximum Gasteiger partial charge on any atom is 0.262 e. The largest absolute Gasteiger partial charge is 0.337 e. The first-order chi connectivity index (χ1) is 14.2. The summed E-state index contributed by atoms with van der Waals surface area (Å²) in [5.41, 5.74) is 0.638. The van der Waals surface area contributed by atoms with E-state index in [1.165, 1.54) is 47.4 Å². The molecule has 156 valence electrons. The van der Waals surface area contributed by atoms with Gasteiger partial charge in [0.1, 0.15) is 5.82 Å². The van der Waals surface area contributed by atoms with Gasteiger partial charge in [-0.2, -0.15) is 0 Å². The predicted octanol–water partition coefficient (Wildman–Crippen LogP) is 5.21. The Bertz CT molecular complexity index is 1200. The third-order valence-corrected chi connectivity index (χ3v) is 6.52. The van der Waals surface area contributed by atoms with E-state index in [9.17, 15) is 17.6 Å². The van der Waals surface area contributed by atoms with Crippen molar-refractivity contribution in [2.24, 2.45) is 0 Å². The van der Waals surface area contributed by atoms with Gasteiger partial charge in [-0.15, -0.1) is 0 Å². The molecule has 0 fully saturated rings.